The summed E-state index contributed by atoms with van der Waals surface area (Å²) in [4.78, 5) is 25.0. The quantitative estimate of drug-likeness (QED) is 0.359. The van der Waals surface area contributed by atoms with Gasteiger partial charge in [0, 0.05) is 29.6 Å². The fourth-order valence-electron chi connectivity index (χ4n) is 8.16. The van der Waals surface area contributed by atoms with E-state index < -0.39 is 69.9 Å². The van der Waals surface area contributed by atoms with Gasteiger partial charge in [-0.25, -0.2) is 0 Å². The van der Waals surface area contributed by atoms with Gasteiger partial charge < -0.3 is 29.9 Å². The summed E-state index contributed by atoms with van der Waals surface area (Å²) in [5.41, 5.74) is -3.28. The van der Waals surface area contributed by atoms with Gasteiger partial charge >= 0.3 is 5.97 Å². The number of Topliss-reactive ketones (excluding diaryl/α,β-unsaturated/α-hetero) is 1. The van der Waals surface area contributed by atoms with E-state index in [4.69, 9.17) is 9.47 Å². The normalized spacial score (nSPS) is 56.5. The number of ketones is 1. The van der Waals surface area contributed by atoms with Crippen LogP contribution in [0, 0.1) is 34.0 Å². The van der Waals surface area contributed by atoms with Crippen LogP contribution < -0.4 is 0 Å². The zero-order valence-corrected chi connectivity index (χ0v) is 17.3. The van der Waals surface area contributed by atoms with Gasteiger partial charge in [0.2, 0.25) is 5.79 Å². The van der Waals surface area contributed by atoms with E-state index in [-0.39, 0.29) is 18.8 Å². The van der Waals surface area contributed by atoms with Crippen molar-refractivity contribution in [3.8, 4) is 0 Å². The fraction of sp³-hybridized carbons (Fsp3) is 0.818. The van der Waals surface area contributed by atoms with E-state index in [1.165, 1.54) is 6.92 Å². The molecule has 0 aromatic heterocycles. The van der Waals surface area contributed by atoms with Crippen molar-refractivity contribution in [1.82, 2.24) is 0 Å². The molecule has 0 aromatic rings. The second-order valence-corrected chi connectivity index (χ2v) is 10.4. The summed E-state index contributed by atoms with van der Waals surface area (Å²) in [5, 5.41) is 45.8. The van der Waals surface area contributed by atoms with Crippen LogP contribution in [0.25, 0.3) is 0 Å². The highest BCUT2D eigenvalue weighted by Gasteiger charge is 2.87. The van der Waals surface area contributed by atoms with Crippen LogP contribution in [0.2, 0.25) is 0 Å². The fourth-order valence-corrected chi connectivity index (χ4v) is 8.16. The smallest absolute Gasteiger partial charge is 0.302 e. The van der Waals surface area contributed by atoms with Gasteiger partial charge in [0.15, 0.2) is 5.78 Å². The molecule has 6 fully saturated rings. The maximum Gasteiger partial charge on any atom is 0.302 e. The van der Waals surface area contributed by atoms with Crippen LogP contribution in [0.3, 0.4) is 0 Å². The summed E-state index contributed by atoms with van der Waals surface area (Å²) < 4.78 is 11.1. The van der Waals surface area contributed by atoms with Crippen molar-refractivity contribution in [2.24, 2.45) is 34.0 Å². The number of ether oxygens (including phenoxy) is 2. The zero-order chi connectivity index (χ0) is 21.9. The highest BCUT2D eigenvalue weighted by molar-refractivity contribution is 6.05. The molecule has 2 heterocycles. The van der Waals surface area contributed by atoms with Crippen LogP contribution in [-0.4, -0.2) is 69.5 Å². The van der Waals surface area contributed by atoms with Crippen LogP contribution in [-0.2, 0) is 19.1 Å². The molecule has 4 N–H and O–H groups in total. The second-order valence-electron chi connectivity index (χ2n) is 10.4. The van der Waals surface area contributed by atoms with Crippen molar-refractivity contribution in [2.45, 2.75) is 63.6 Å². The number of rotatable bonds is 2. The van der Waals surface area contributed by atoms with Crippen molar-refractivity contribution in [1.29, 1.82) is 0 Å². The highest BCUT2D eigenvalue weighted by atomic mass is 16.6. The van der Waals surface area contributed by atoms with Crippen molar-refractivity contribution in [3.63, 3.8) is 0 Å². The minimum atomic E-state index is -2.30. The lowest BCUT2D eigenvalue weighted by Gasteiger charge is -2.74. The first-order valence-electron chi connectivity index (χ1n) is 10.8. The Balaban J connectivity index is 1.71. The molecule has 30 heavy (non-hydrogen) atoms. The Kier molecular flexibility index (Phi) is 4.06. The summed E-state index contributed by atoms with van der Waals surface area (Å²) in [6.07, 6.45) is -1.78. The Morgan fingerprint density at radius 2 is 1.93 bits per heavy atom. The maximum atomic E-state index is 13.5. The molecule has 0 aromatic carbocycles. The van der Waals surface area contributed by atoms with Crippen molar-refractivity contribution >= 4 is 11.8 Å². The number of fused-ring (bicyclic) bond motifs is 2. The van der Waals surface area contributed by atoms with Gasteiger partial charge in [-0.15, -0.1) is 0 Å². The van der Waals surface area contributed by atoms with E-state index in [9.17, 15) is 30.0 Å². The average molecular weight is 422 g/mol. The topological polar surface area (TPSA) is 134 Å². The molecule has 8 nitrogen and oxygen atoms in total. The van der Waals surface area contributed by atoms with Gasteiger partial charge in [0.1, 0.15) is 11.5 Å². The Labute approximate surface area is 174 Å². The largest absolute Gasteiger partial charge is 0.465 e. The summed E-state index contributed by atoms with van der Waals surface area (Å²) in [6.45, 7) is 7.06. The summed E-state index contributed by atoms with van der Waals surface area (Å²) in [6, 6.07) is 0. The zero-order valence-electron chi connectivity index (χ0n) is 17.3. The molecular formula is C22H30O8. The SMILES string of the molecule is C=C1C(=O)[C@]23C(O)C1CCC2[C@@]12CO[C@]3(O)C(O)C1[C@](C)(COC(C)=O)CCC2O. The standard InChI is InChI=1S/C22H30O8/c1-10-12-4-5-13-20-9-30-22(28,21(13,16(10)25)17(12)26)18(27)15(20)19(3,7-6-14(20)24)8-29-11(2)23/h12-15,17-18,24,26-28H,1,4-9H2,2-3H3/t12?,13?,14?,15?,17?,18?,19-,20+,21-,22+/m0/s1. The van der Waals surface area contributed by atoms with Gasteiger partial charge in [-0.05, 0) is 37.2 Å². The third-order valence-corrected chi connectivity index (χ3v) is 9.32. The first-order valence-corrected chi connectivity index (χ1v) is 10.8. The number of carbonyl (C=O) groups is 2. The Hall–Kier alpha value is -1.32. The van der Waals surface area contributed by atoms with E-state index in [2.05, 4.69) is 6.58 Å². The molecule has 6 aliphatic rings. The van der Waals surface area contributed by atoms with Gasteiger partial charge in [-0.2, -0.15) is 0 Å². The van der Waals surface area contributed by atoms with E-state index in [0.717, 1.165) is 0 Å². The van der Waals surface area contributed by atoms with Crippen LogP contribution >= 0.6 is 0 Å². The number of esters is 1. The lowest BCUT2D eigenvalue weighted by atomic mass is 9.35. The van der Waals surface area contributed by atoms with Crippen molar-refractivity contribution < 1.29 is 39.5 Å². The van der Waals surface area contributed by atoms with Crippen molar-refractivity contribution in [2.75, 3.05) is 13.2 Å². The van der Waals surface area contributed by atoms with Gasteiger partial charge in [0.25, 0.3) is 0 Å². The first-order chi connectivity index (χ1) is 14.0. The van der Waals surface area contributed by atoms with Crippen LogP contribution in [0.15, 0.2) is 12.2 Å². The number of hydrogen-bond acceptors (Lipinski definition) is 8. The van der Waals surface area contributed by atoms with E-state index >= 15 is 0 Å². The maximum absolute atomic E-state index is 13.5. The van der Waals surface area contributed by atoms with E-state index in [1.807, 2.05) is 6.92 Å². The molecule has 6 rings (SSSR count). The molecule has 166 valence electrons. The molecule has 2 spiro atoms. The third kappa shape index (κ3) is 1.92. The molecule has 2 saturated heterocycles. The number of aliphatic hydroxyl groups excluding tert-OH is 3. The minimum Gasteiger partial charge on any atom is -0.465 e. The number of hydrogen-bond donors (Lipinski definition) is 4. The lowest BCUT2D eigenvalue weighted by Crippen LogP contribution is -2.86. The van der Waals surface area contributed by atoms with Gasteiger partial charge in [-0.1, -0.05) is 13.5 Å². The molecule has 4 bridgehead atoms. The minimum absolute atomic E-state index is 0.0279. The second kappa shape index (κ2) is 5.92. The van der Waals surface area contributed by atoms with Crippen LogP contribution in [0.4, 0.5) is 0 Å². The van der Waals surface area contributed by atoms with Crippen LogP contribution in [0.1, 0.15) is 39.5 Å². The van der Waals surface area contributed by atoms with E-state index in [1.54, 1.807) is 0 Å². The Morgan fingerprint density at radius 1 is 1.23 bits per heavy atom. The van der Waals surface area contributed by atoms with Crippen LogP contribution in [0.5, 0.6) is 0 Å². The summed E-state index contributed by atoms with van der Waals surface area (Å²) >= 11 is 0. The third-order valence-electron chi connectivity index (χ3n) is 9.32. The summed E-state index contributed by atoms with van der Waals surface area (Å²) in [5.74, 6) is -4.96. The molecule has 2 aliphatic heterocycles. The summed E-state index contributed by atoms with van der Waals surface area (Å²) in [7, 11) is 0. The van der Waals surface area contributed by atoms with Crippen molar-refractivity contribution in [3.05, 3.63) is 12.2 Å². The first kappa shape index (κ1) is 20.6. The molecule has 0 radical (unpaired) electrons. The molecule has 10 atom stereocenters. The Bertz CT molecular complexity index is 841. The van der Waals surface area contributed by atoms with E-state index in [0.29, 0.717) is 25.7 Å². The number of carbonyl (C=O) groups excluding carboxylic acids is 2. The predicted molar refractivity (Wildman–Crippen MR) is 102 cm³/mol. The predicted octanol–water partition coefficient (Wildman–Crippen LogP) is -0.0812. The molecule has 0 amide bonds. The lowest BCUT2D eigenvalue weighted by molar-refractivity contribution is -0.459. The van der Waals surface area contributed by atoms with Gasteiger partial charge in [0.05, 0.1) is 25.4 Å². The molecular weight excluding hydrogens is 392 g/mol. The molecule has 6 unspecified atom stereocenters. The molecule has 4 saturated carbocycles. The molecule has 8 heteroatoms. The number of aliphatic hydroxyl groups is 4. The molecule has 4 aliphatic carbocycles. The monoisotopic (exact) mass is 422 g/mol. The average Bonchev–Trinajstić information content (AvgIpc) is 2.80. The Morgan fingerprint density at radius 3 is 2.60 bits per heavy atom. The highest BCUT2D eigenvalue weighted by Crippen LogP contribution is 2.76. The van der Waals surface area contributed by atoms with Gasteiger partial charge in [-0.3, -0.25) is 9.59 Å².